The van der Waals surface area contributed by atoms with Gasteiger partial charge < -0.3 is 15.7 Å². The molecule has 4 nitrogen and oxygen atoms in total. The Bertz CT molecular complexity index is 430. The summed E-state index contributed by atoms with van der Waals surface area (Å²) in [6.07, 6.45) is 7.70. The third-order valence-corrected chi connectivity index (χ3v) is 3.03. The van der Waals surface area contributed by atoms with Gasteiger partial charge in [-0.25, -0.2) is 4.79 Å². The number of rotatable bonds is 2. The van der Waals surface area contributed by atoms with E-state index in [9.17, 15) is 4.79 Å². The molecule has 2 rings (SSSR count). The van der Waals surface area contributed by atoms with Crippen LogP contribution in [-0.4, -0.2) is 11.1 Å². The molecule has 1 aromatic carbocycles. The van der Waals surface area contributed by atoms with Gasteiger partial charge in [-0.05, 0) is 49.9 Å². The van der Waals surface area contributed by atoms with Crippen LogP contribution in [0.2, 0.25) is 0 Å². The summed E-state index contributed by atoms with van der Waals surface area (Å²) in [5.74, 6) is 0.185. The van der Waals surface area contributed by atoms with Gasteiger partial charge in [-0.15, -0.1) is 0 Å². The lowest BCUT2D eigenvalue weighted by Gasteiger charge is -2.13. The van der Waals surface area contributed by atoms with Crippen LogP contribution in [0.3, 0.4) is 0 Å². The molecule has 0 unspecified atom stereocenters. The van der Waals surface area contributed by atoms with Crippen LogP contribution in [0.1, 0.15) is 32.1 Å². The SMILES string of the molecule is O=C(NC=C1CCCCC1)Nc1ccc(O)cc1. The van der Waals surface area contributed by atoms with E-state index in [2.05, 4.69) is 10.6 Å². The zero-order valence-electron chi connectivity index (χ0n) is 10.3. The Kier molecular flexibility index (Phi) is 4.23. The Morgan fingerprint density at radius 3 is 2.44 bits per heavy atom. The molecule has 0 bridgehead atoms. The number of benzene rings is 1. The first-order chi connectivity index (χ1) is 8.74. The van der Waals surface area contributed by atoms with E-state index in [-0.39, 0.29) is 11.8 Å². The quantitative estimate of drug-likeness (QED) is 0.701. The normalized spacial score (nSPS) is 15.0. The molecule has 1 saturated carbocycles. The molecule has 1 aromatic rings. The Hall–Kier alpha value is -1.97. The van der Waals surface area contributed by atoms with Crippen molar-refractivity contribution in [1.29, 1.82) is 0 Å². The van der Waals surface area contributed by atoms with Crippen LogP contribution >= 0.6 is 0 Å². The topological polar surface area (TPSA) is 61.4 Å². The number of carbonyl (C=O) groups excluding carboxylic acids is 1. The number of phenolic OH excluding ortho intramolecular Hbond substituents is 1. The van der Waals surface area contributed by atoms with Crippen molar-refractivity contribution < 1.29 is 9.90 Å². The minimum atomic E-state index is -0.251. The largest absolute Gasteiger partial charge is 0.508 e. The first kappa shape index (κ1) is 12.5. The van der Waals surface area contributed by atoms with E-state index in [4.69, 9.17) is 5.11 Å². The molecule has 0 radical (unpaired) electrons. The second-order valence-electron chi connectivity index (χ2n) is 4.51. The zero-order chi connectivity index (χ0) is 12.8. The van der Waals surface area contributed by atoms with E-state index < -0.39 is 0 Å². The van der Waals surface area contributed by atoms with Gasteiger partial charge in [-0.3, -0.25) is 0 Å². The molecule has 0 spiro atoms. The van der Waals surface area contributed by atoms with Crippen molar-refractivity contribution in [3.05, 3.63) is 36.0 Å². The third kappa shape index (κ3) is 3.80. The highest BCUT2D eigenvalue weighted by atomic mass is 16.3. The van der Waals surface area contributed by atoms with Gasteiger partial charge in [0.25, 0.3) is 0 Å². The predicted octanol–water partition coefficient (Wildman–Crippen LogP) is 3.36. The van der Waals surface area contributed by atoms with Crippen LogP contribution in [0, 0.1) is 0 Å². The van der Waals surface area contributed by atoms with Crippen LogP contribution in [0.25, 0.3) is 0 Å². The van der Waals surface area contributed by atoms with Gasteiger partial charge in [-0.1, -0.05) is 12.0 Å². The average Bonchev–Trinajstić information content (AvgIpc) is 2.40. The van der Waals surface area contributed by atoms with Crippen molar-refractivity contribution in [3.8, 4) is 5.75 Å². The number of urea groups is 1. The fraction of sp³-hybridized carbons (Fsp3) is 0.357. The monoisotopic (exact) mass is 246 g/mol. The van der Waals surface area contributed by atoms with E-state index in [1.165, 1.54) is 37.0 Å². The van der Waals surface area contributed by atoms with Gasteiger partial charge in [0.05, 0.1) is 0 Å². The van der Waals surface area contributed by atoms with Crippen molar-refractivity contribution in [2.45, 2.75) is 32.1 Å². The molecule has 0 aromatic heterocycles. The van der Waals surface area contributed by atoms with Crippen LogP contribution in [0.5, 0.6) is 5.75 Å². The van der Waals surface area contributed by atoms with Crippen LogP contribution in [-0.2, 0) is 0 Å². The number of carbonyl (C=O) groups is 1. The van der Waals surface area contributed by atoms with E-state index in [0.717, 1.165) is 12.8 Å². The van der Waals surface area contributed by atoms with Crippen LogP contribution in [0.15, 0.2) is 36.0 Å². The molecule has 1 aliphatic rings. The number of amides is 2. The number of hydrogen-bond donors (Lipinski definition) is 3. The number of nitrogens with one attached hydrogen (secondary N) is 2. The fourth-order valence-corrected chi connectivity index (χ4v) is 2.03. The standard InChI is InChI=1S/C14H18N2O2/c17-13-8-6-12(7-9-13)16-14(18)15-10-11-4-2-1-3-5-11/h6-10,17H,1-5H2,(H2,15,16,18). The van der Waals surface area contributed by atoms with Crippen molar-refractivity contribution in [2.24, 2.45) is 0 Å². The van der Waals surface area contributed by atoms with E-state index in [1.54, 1.807) is 12.1 Å². The molecule has 3 N–H and O–H groups in total. The number of hydrogen-bond acceptors (Lipinski definition) is 2. The summed E-state index contributed by atoms with van der Waals surface area (Å²) in [6, 6.07) is 6.13. The van der Waals surface area contributed by atoms with Gasteiger partial charge in [0.2, 0.25) is 0 Å². The summed E-state index contributed by atoms with van der Waals surface area (Å²) in [5.41, 5.74) is 1.97. The molecule has 0 saturated heterocycles. The molecule has 96 valence electrons. The van der Waals surface area contributed by atoms with Gasteiger partial charge in [-0.2, -0.15) is 0 Å². The first-order valence-electron chi connectivity index (χ1n) is 6.28. The molecule has 2 amide bonds. The van der Waals surface area contributed by atoms with Crippen LogP contribution in [0.4, 0.5) is 10.5 Å². The highest BCUT2D eigenvalue weighted by molar-refractivity contribution is 5.89. The maximum atomic E-state index is 11.6. The maximum absolute atomic E-state index is 11.6. The second kappa shape index (κ2) is 6.10. The molecule has 1 fully saturated rings. The molecule has 18 heavy (non-hydrogen) atoms. The molecular formula is C14H18N2O2. The highest BCUT2D eigenvalue weighted by Crippen LogP contribution is 2.21. The zero-order valence-corrected chi connectivity index (χ0v) is 10.3. The van der Waals surface area contributed by atoms with E-state index in [1.807, 2.05) is 6.20 Å². The highest BCUT2D eigenvalue weighted by Gasteiger charge is 2.06. The van der Waals surface area contributed by atoms with Gasteiger partial charge in [0, 0.05) is 11.9 Å². The van der Waals surface area contributed by atoms with Crippen molar-refractivity contribution in [2.75, 3.05) is 5.32 Å². The summed E-state index contributed by atoms with van der Waals surface area (Å²) in [7, 11) is 0. The summed E-state index contributed by atoms with van der Waals surface area (Å²) in [6.45, 7) is 0. The smallest absolute Gasteiger partial charge is 0.323 e. The van der Waals surface area contributed by atoms with E-state index >= 15 is 0 Å². The van der Waals surface area contributed by atoms with Gasteiger partial charge in [0.15, 0.2) is 0 Å². The number of phenols is 1. The Morgan fingerprint density at radius 2 is 1.78 bits per heavy atom. The molecule has 0 heterocycles. The number of allylic oxidation sites excluding steroid dienone is 1. The summed E-state index contributed by atoms with van der Waals surface area (Å²) in [5, 5.41) is 14.6. The molecule has 0 atom stereocenters. The lowest BCUT2D eigenvalue weighted by atomic mass is 9.96. The average molecular weight is 246 g/mol. The van der Waals surface area contributed by atoms with Crippen molar-refractivity contribution in [3.63, 3.8) is 0 Å². The fourth-order valence-electron chi connectivity index (χ4n) is 2.03. The van der Waals surface area contributed by atoms with Gasteiger partial charge >= 0.3 is 6.03 Å². The minimum absolute atomic E-state index is 0.185. The van der Waals surface area contributed by atoms with Crippen molar-refractivity contribution in [1.82, 2.24) is 5.32 Å². The van der Waals surface area contributed by atoms with Crippen LogP contribution < -0.4 is 10.6 Å². The Morgan fingerprint density at radius 1 is 1.11 bits per heavy atom. The van der Waals surface area contributed by atoms with E-state index in [0.29, 0.717) is 5.69 Å². The Labute approximate surface area is 107 Å². The van der Waals surface area contributed by atoms with Gasteiger partial charge in [0.1, 0.15) is 5.75 Å². The second-order valence-corrected chi connectivity index (χ2v) is 4.51. The summed E-state index contributed by atoms with van der Waals surface area (Å²) < 4.78 is 0. The first-order valence-corrected chi connectivity index (χ1v) is 6.28. The lowest BCUT2D eigenvalue weighted by Crippen LogP contribution is -2.24. The summed E-state index contributed by atoms with van der Waals surface area (Å²) >= 11 is 0. The number of aromatic hydroxyl groups is 1. The third-order valence-electron chi connectivity index (χ3n) is 3.03. The molecular weight excluding hydrogens is 228 g/mol. The number of anilines is 1. The minimum Gasteiger partial charge on any atom is -0.508 e. The molecule has 0 aliphatic heterocycles. The molecule has 4 heteroatoms. The van der Waals surface area contributed by atoms with Crippen molar-refractivity contribution >= 4 is 11.7 Å². The summed E-state index contributed by atoms with van der Waals surface area (Å²) in [4.78, 5) is 11.6. The Balaban J connectivity index is 1.83. The maximum Gasteiger partial charge on any atom is 0.323 e. The predicted molar refractivity (Wildman–Crippen MR) is 71.4 cm³/mol. The molecule has 1 aliphatic carbocycles. The lowest BCUT2D eigenvalue weighted by molar-refractivity contribution is 0.255.